The average Bonchev–Trinajstić information content (AvgIpc) is 2.82. The van der Waals surface area contributed by atoms with Crippen LogP contribution in [0.2, 0.25) is 0 Å². The Morgan fingerprint density at radius 3 is 1.90 bits per heavy atom. The molecule has 2 N–H and O–H groups in total. The molecular weight excluding hydrogens is 506 g/mol. The lowest BCUT2D eigenvalue weighted by molar-refractivity contribution is -0.148. The highest BCUT2D eigenvalue weighted by Gasteiger charge is 2.24. The second-order valence-corrected chi connectivity index (χ2v) is 10.8. The highest BCUT2D eigenvalue weighted by molar-refractivity contribution is 5.79. The molecule has 0 aliphatic rings. The summed E-state index contributed by atoms with van der Waals surface area (Å²) in [6.45, 7) is 14.0. The van der Waals surface area contributed by atoms with Crippen LogP contribution in [0.3, 0.4) is 0 Å². The summed E-state index contributed by atoms with van der Waals surface area (Å²) in [4.78, 5) is 49.4. The number of hydrogen-bond acceptors (Lipinski definition) is 10. The molecular formula is C29H45NO9. The van der Waals surface area contributed by atoms with Crippen LogP contribution in [0.4, 0.5) is 4.79 Å². The number of carbonyl (C=O) groups is 4. The molecule has 0 aliphatic carbocycles. The lowest BCUT2D eigenvalue weighted by Gasteiger charge is -2.21. The summed E-state index contributed by atoms with van der Waals surface area (Å²) >= 11 is 0. The topological polar surface area (TPSA) is 140 Å². The van der Waals surface area contributed by atoms with E-state index in [-0.39, 0.29) is 36.4 Å². The molecule has 220 valence electrons. The fourth-order valence-electron chi connectivity index (χ4n) is 3.48. The first-order valence-corrected chi connectivity index (χ1v) is 13.5. The van der Waals surface area contributed by atoms with Gasteiger partial charge in [0, 0.05) is 0 Å². The molecule has 10 nitrogen and oxygen atoms in total. The van der Waals surface area contributed by atoms with E-state index >= 15 is 0 Å². The minimum atomic E-state index is -1.04. The number of ether oxygens (including phenoxy) is 5. The first-order valence-electron chi connectivity index (χ1n) is 13.5. The van der Waals surface area contributed by atoms with Crippen molar-refractivity contribution in [2.24, 2.45) is 17.6 Å². The molecule has 39 heavy (non-hydrogen) atoms. The SMILES string of the molecule is CCCC(C)C(=O)Oc1ccc(C[C@H](N)C(=O)OC[C@H](C)OC(=O)OC(C)(C)C)cc1OC(=O)C(C)CCC. The van der Waals surface area contributed by atoms with Crippen LogP contribution in [0.5, 0.6) is 11.5 Å². The Labute approximate surface area is 231 Å². The first kappa shape index (κ1) is 33.9. The third-order valence-corrected chi connectivity index (χ3v) is 5.58. The van der Waals surface area contributed by atoms with Gasteiger partial charge in [-0.05, 0) is 64.7 Å². The van der Waals surface area contributed by atoms with E-state index in [0.29, 0.717) is 18.4 Å². The van der Waals surface area contributed by atoms with Gasteiger partial charge in [0.1, 0.15) is 24.4 Å². The standard InChI is InChI=1S/C29H45NO9/c1-9-11-18(3)25(31)37-23-14-13-21(16-24(23)38-26(32)19(4)12-10-2)15-22(30)27(33)35-17-20(5)36-28(34)39-29(6,7)8/h13-14,16,18-20,22H,9-12,15,17,30H2,1-8H3/t18?,19?,20-,22-/m0/s1. The number of benzene rings is 1. The van der Waals surface area contributed by atoms with E-state index in [1.807, 2.05) is 13.8 Å². The highest BCUT2D eigenvalue weighted by Crippen LogP contribution is 2.31. The van der Waals surface area contributed by atoms with Crippen LogP contribution in [0.1, 0.15) is 86.6 Å². The molecule has 1 aromatic carbocycles. The zero-order valence-corrected chi connectivity index (χ0v) is 24.5. The quantitative estimate of drug-likeness (QED) is 0.244. The van der Waals surface area contributed by atoms with E-state index in [9.17, 15) is 19.2 Å². The number of rotatable bonds is 14. The van der Waals surface area contributed by atoms with Gasteiger partial charge in [0.05, 0.1) is 11.8 Å². The van der Waals surface area contributed by atoms with E-state index in [4.69, 9.17) is 29.4 Å². The lowest BCUT2D eigenvalue weighted by Crippen LogP contribution is -2.36. The summed E-state index contributed by atoms with van der Waals surface area (Å²) in [5, 5.41) is 0. The lowest BCUT2D eigenvalue weighted by atomic mass is 10.0. The Morgan fingerprint density at radius 2 is 1.38 bits per heavy atom. The molecule has 0 bridgehead atoms. The van der Waals surface area contributed by atoms with Gasteiger partial charge < -0.3 is 29.4 Å². The Morgan fingerprint density at radius 1 is 0.846 bits per heavy atom. The number of hydrogen-bond donors (Lipinski definition) is 1. The molecule has 0 aliphatic heterocycles. The highest BCUT2D eigenvalue weighted by atomic mass is 16.7. The molecule has 10 heteroatoms. The van der Waals surface area contributed by atoms with E-state index < -0.39 is 41.8 Å². The molecule has 1 rings (SSSR count). The predicted molar refractivity (Wildman–Crippen MR) is 145 cm³/mol. The molecule has 0 spiro atoms. The summed E-state index contributed by atoms with van der Waals surface area (Å²) in [6.07, 6.45) is 1.41. The van der Waals surface area contributed by atoms with Gasteiger partial charge in [-0.1, -0.05) is 46.6 Å². The zero-order valence-electron chi connectivity index (χ0n) is 24.5. The van der Waals surface area contributed by atoms with Crippen LogP contribution in [0.25, 0.3) is 0 Å². The number of carbonyl (C=O) groups excluding carboxylic acids is 4. The van der Waals surface area contributed by atoms with Crippen molar-refractivity contribution in [1.82, 2.24) is 0 Å². The molecule has 0 saturated heterocycles. The van der Waals surface area contributed by atoms with Gasteiger partial charge in [-0.15, -0.1) is 0 Å². The fourth-order valence-corrected chi connectivity index (χ4v) is 3.48. The summed E-state index contributed by atoms with van der Waals surface area (Å²) in [6, 6.07) is 3.65. The fraction of sp³-hybridized carbons (Fsp3) is 0.655. The van der Waals surface area contributed by atoms with Gasteiger partial charge in [0.2, 0.25) is 0 Å². The van der Waals surface area contributed by atoms with Crippen molar-refractivity contribution in [1.29, 1.82) is 0 Å². The summed E-state index contributed by atoms with van der Waals surface area (Å²) in [5.41, 5.74) is 5.92. The second-order valence-electron chi connectivity index (χ2n) is 10.8. The third kappa shape index (κ3) is 13.0. The maximum absolute atomic E-state index is 12.6. The van der Waals surface area contributed by atoms with Gasteiger partial charge >= 0.3 is 24.1 Å². The van der Waals surface area contributed by atoms with Crippen molar-refractivity contribution in [3.05, 3.63) is 23.8 Å². The van der Waals surface area contributed by atoms with Gasteiger partial charge in [-0.3, -0.25) is 14.4 Å². The zero-order chi connectivity index (χ0) is 29.8. The molecule has 2 unspecified atom stereocenters. The Kier molecular flexibility index (Phi) is 14.0. The van der Waals surface area contributed by atoms with Crippen LogP contribution in [-0.2, 0) is 35.0 Å². The summed E-state index contributed by atoms with van der Waals surface area (Å²) in [5.74, 6) is -2.04. The average molecular weight is 552 g/mol. The van der Waals surface area contributed by atoms with E-state index in [1.165, 1.54) is 12.1 Å². The molecule has 4 atom stereocenters. The molecule has 0 amide bonds. The predicted octanol–water partition coefficient (Wildman–Crippen LogP) is 5.12. The summed E-state index contributed by atoms with van der Waals surface area (Å²) < 4.78 is 26.5. The molecule has 0 radical (unpaired) electrons. The van der Waals surface area contributed by atoms with E-state index in [0.717, 1.165) is 12.8 Å². The smallest absolute Gasteiger partial charge is 0.461 e. The van der Waals surface area contributed by atoms with E-state index in [1.54, 1.807) is 47.6 Å². The van der Waals surface area contributed by atoms with Crippen LogP contribution in [-0.4, -0.2) is 48.4 Å². The van der Waals surface area contributed by atoms with Gasteiger partial charge in [0.15, 0.2) is 11.5 Å². The minimum absolute atomic E-state index is 0.0651. The third-order valence-electron chi connectivity index (χ3n) is 5.58. The molecule has 0 saturated carbocycles. The van der Waals surface area contributed by atoms with Crippen LogP contribution < -0.4 is 15.2 Å². The van der Waals surface area contributed by atoms with Crippen molar-refractivity contribution < 1.29 is 42.9 Å². The molecule has 0 heterocycles. The Hall–Kier alpha value is -3.14. The number of nitrogens with two attached hydrogens (primary N) is 1. The van der Waals surface area contributed by atoms with Crippen LogP contribution in [0.15, 0.2) is 18.2 Å². The molecule has 0 fully saturated rings. The largest absolute Gasteiger partial charge is 0.509 e. The maximum Gasteiger partial charge on any atom is 0.509 e. The van der Waals surface area contributed by atoms with Crippen molar-refractivity contribution in [2.45, 2.75) is 105 Å². The molecule has 0 aromatic heterocycles. The van der Waals surface area contributed by atoms with Crippen molar-refractivity contribution in [3.8, 4) is 11.5 Å². The van der Waals surface area contributed by atoms with Gasteiger partial charge in [-0.25, -0.2) is 4.79 Å². The van der Waals surface area contributed by atoms with Crippen molar-refractivity contribution in [3.63, 3.8) is 0 Å². The minimum Gasteiger partial charge on any atom is -0.461 e. The van der Waals surface area contributed by atoms with E-state index in [2.05, 4.69) is 0 Å². The summed E-state index contributed by atoms with van der Waals surface area (Å²) in [7, 11) is 0. The molecule has 1 aromatic rings. The Balaban J connectivity index is 2.91. The van der Waals surface area contributed by atoms with Gasteiger partial charge in [-0.2, -0.15) is 0 Å². The number of esters is 3. The second kappa shape index (κ2) is 16.1. The van der Waals surface area contributed by atoms with Gasteiger partial charge in [0.25, 0.3) is 0 Å². The van der Waals surface area contributed by atoms with Crippen LogP contribution >= 0.6 is 0 Å². The monoisotopic (exact) mass is 551 g/mol. The Bertz CT molecular complexity index is 970. The van der Waals surface area contributed by atoms with Crippen molar-refractivity contribution in [2.75, 3.05) is 6.61 Å². The first-order chi connectivity index (χ1) is 18.2. The normalized spacial score (nSPS) is 14.4. The maximum atomic E-state index is 12.6. The van der Waals surface area contributed by atoms with Crippen LogP contribution in [0, 0.1) is 11.8 Å². The van der Waals surface area contributed by atoms with Crippen molar-refractivity contribution >= 4 is 24.1 Å².